The van der Waals surface area contributed by atoms with Gasteiger partial charge in [-0.1, -0.05) is 20.3 Å². The summed E-state index contributed by atoms with van der Waals surface area (Å²) in [4.78, 5) is 8.84. The van der Waals surface area contributed by atoms with Crippen molar-refractivity contribution in [3.05, 3.63) is 17.3 Å². The van der Waals surface area contributed by atoms with E-state index in [2.05, 4.69) is 29.1 Å². The summed E-state index contributed by atoms with van der Waals surface area (Å²) in [5, 5.41) is 3.08. The van der Waals surface area contributed by atoms with Crippen molar-refractivity contribution in [2.24, 2.45) is 5.92 Å². The topological polar surface area (TPSA) is 37.8 Å². The molecule has 20 heavy (non-hydrogen) atoms. The third-order valence-electron chi connectivity index (χ3n) is 4.37. The fraction of sp³-hybridized carbons (Fsp3) is 0.750. The van der Waals surface area contributed by atoms with Gasteiger partial charge in [-0.2, -0.15) is 0 Å². The normalized spacial score (nSPS) is 22.8. The summed E-state index contributed by atoms with van der Waals surface area (Å²) >= 11 is 0. The lowest BCUT2D eigenvalue weighted by atomic mass is 9.80. The van der Waals surface area contributed by atoms with Crippen LogP contribution in [0.4, 0.5) is 10.2 Å². The Balaban J connectivity index is 2.13. The molecule has 1 saturated carbocycles. The summed E-state index contributed by atoms with van der Waals surface area (Å²) in [5.41, 5.74) is 0.464. The molecule has 0 spiro atoms. The number of nitrogens with one attached hydrogen (secondary N) is 1. The van der Waals surface area contributed by atoms with Crippen LogP contribution in [0, 0.1) is 18.7 Å². The molecule has 0 aromatic carbocycles. The lowest BCUT2D eigenvalue weighted by Crippen LogP contribution is -2.17. The molecule has 1 aromatic rings. The first-order valence-electron chi connectivity index (χ1n) is 7.93. The molecule has 2 rings (SSSR count). The Morgan fingerprint density at radius 1 is 1.15 bits per heavy atom. The summed E-state index contributed by atoms with van der Waals surface area (Å²) in [6.45, 7) is 6.80. The van der Waals surface area contributed by atoms with Gasteiger partial charge in [-0.25, -0.2) is 14.4 Å². The zero-order valence-electron chi connectivity index (χ0n) is 12.9. The molecule has 112 valence electrons. The van der Waals surface area contributed by atoms with Gasteiger partial charge in [0.1, 0.15) is 5.82 Å². The molecule has 0 unspecified atom stereocenters. The molecule has 0 bridgehead atoms. The highest BCUT2D eigenvalue weighted by Gasteiger charge is 2.24. The lowest BCUT2D eigenvalue weighted by Gasteiger charge is -2.27. The van der Waals surface area contributed by atoms with Crippen molar-refractivity contribution in [2.45, 2.75) is 65.2 Å². The standard InChI is InChI=1S/C16H26FN3/c1-4-10-18-16-14(17)11(3)19-15(20-16)13-8-6-12(5-2)7-9-13/h12-13H,4-10H2,1-3H3,(H,18,19,20). The number of rotatable bonds is 5. The molecule has 1 aliphatic carbocycles. The van der Waals surface area contributed by atoms with Gasteiger partial charge in [0, 0.05) is 12.5 Å². The molecule has 1 heterocycles. The number of aromatic nitrogens is 2. The Kier molecular flexibility index (Phi) is 5.32. The highest BCUT2D eigenvalue weighted by Crippen LogP contribution is 2.36. The van der Waals surface area contributed by atoms with Crippen LogP contribution in [-0.4, -0.2) is 16.5 Å². The zero-order chi connectivity index (χ0) is 14.5. The van der Waals surface area contributed by atoms with E-state index in [1.54, 1.807) is 6.92 Å². The van der Waals surface area contributed by atoms with Gasteiger partial charge >= 0.3 is 0 Å². The number of aryl methyl sites for hydroxylation is 1. The summed E-state index contributed by atoms with van der Waals surface area (Å²) in [6, 6.07) is 0. The molecule has 0 radical (unpaired) electrons. The van der Waals surface area contributed by atoms with Gasteiger partial charge in [-0.15, -0.1) is 0 Å². The van der Waals surface area contributed by atoms with Crippen molar-refractivity contribution in [1.29, 1.82) is 0 Å². The highest BCUT2D eigenvalue weighted by atomic mass is 19.1. The third-order valence-corrected chi connectivity index (χ3v) is 4.37. The minimum Gasteiger partial charge on any atom is -0.368 e. The maximum absolute atomic E-state index is 14.0. The van der Waals surface area contributed by atoms with Gasteiger partial charge in [0.05, 0.1) is 5.69 Å². The zero-order valence-corrected chi connectivity index (χ0v) is 12.9. The van der Waals surface area contributed by atoms with E-state index in [1.807, 2.05) is 0 Å². The van der Waals surface area contributed by atoms with Crippen LogP contribution < -0.4 is 5.32 Å². The van der Waals surface area contributed by atoms with E-state index in [-0.39, 0.29) is 5.82 Å². The quantitative estimate of drug-likeness (QED) is 0.866. The Morgan fingerprint density at radius 2 is 1.85 bits per heavy atom. The molecule has 1 N–H and O–H groups in total. The van der Waals surface area contributed by atoms with Crippen molar-refractivity contribution in [1.82, 2.24) is 9.97 Å². The smallest absolute Gasteiger partial charge is 0.186 e. The largest absolute Gasteiger partial charge is 0.368 e. The fourth-order valence-corrected chi connectivity index (χ4v) is 2.95. The molecule has 0 aliphatic heterocycles. The van der Waals surface area contributed by atoms with E-state index < -0.39 is 0 Å². The first-order chi connectivity index (χ1) is 9.65. The molecular formula is C16H26FN3. The summed E-state index contributed by atoms with van der Waals surface area (Å²) in [5.74, 6) is 2.17. The maximum atomic E-state index is 14.0. The predicted molar refractivity (Wildman–Crippen MR) is 80.5 cm³/mol. The number of halogens is 1. The SMILES string of the molecule is CCCNc1nc(C2CCC(CC)CC2)nc(C)c1F. The second kappa shape index (κ2) is 7.00. The van der Waals surface area contributed by atoms with Gasteiger partial charge in [0.2, 0.25) is 0 Å². The van der Waals surface area contributed by atoms with Gasteiger partial charge in [-0.3, -0.25) is 0 Å². The van der Waals surface area contributed by atoms with Crippen LogP contribution in [0.3, 0.4) is 0 Å². The van der Waals surface area contributed by atoms with Crippen LogP contribution in [0.1, 0.15) is 69.8 Å². The molecular weight excluding hydrogens is 253 g/mol. The first kappa shape index (κ1) is 15.2. The van der Waals surface area contributed by atoms with Crippen molar-refractivity contribution < 1.29 is 4.39 Å². The highest BCUT2D eigenvalue weighted by molar-refractivity contribution is 5.38. The molecule has 1 aromatic heterocycles. The molecule has 4 heteroatoms. The fourth-order valence-electron chi connectivity index (χ4n) is 2.95. The summed E-state index contributed by atoms with van der Waals surface area (Å²) < 4.78 is 14.0. The minimum atomic E-state index is -0.301. The Bertz CT molecular complexity index is 440. The molecule has 1 fully saturated rings. The van der Waals surface area contributed by atoms with Crippen molar-refractivity contribution in [2.75, 3.05) is 11.9 Å². The molecule has 1 aliphatic rings. The summed E-state index contributed by atoms with van der Waals surface area (Å²) in [6.07, 6.45) is 6.99. The van der Waals surface area contributed by atoms with Gasteiger partial charge in [-0.05, 0) is 44.9 Å². The van der Waals surface area contributed by atoms with Gasteiger partial charge in [0.15, 0.2) is 11.6 Å². The van der Waals surface area contributed by atoms with Gasteiger partial charge in [0.25, 0.3) is 0 Å². The van der Waals surface area contributed by atoms with Crippen LogP contribution >= 0.6 is 0 Å². The van der Waals surface area contributed by atoms with E-state index in [0.29, 0.717) is 17.4 Å². The van der Waals surface area contributed by atoms with Crippen LogP contribution in [0.5, 0.6) is 0 Å². The average molecular weight is 279 g/mol. The van der Waals surface area contributed by atoms with Crippen molar-refractivity contribution in [3.8, 4) is 0 Å². The number of hydrogen-bond donors (Lipinski definition) is 1. The minimum absolute atomic E-state index is 0.301. The van der Waals surface area contributed by atoms with E-state index in [9.17, 15) is 4.39 Å². The molecule has 0 atom stereocenters. The van der Waals surface area contributed by atoms with Crippen LogP contribution in [0.25, 0.3) is 0 Å². The van der Waals surface area contributed by atoms with Crippen molar-refractivity contribution >= 4 is 5.82 Å². The maximum Gasteiger partial charge on any atom is 0.186 e. The second-order valence-corrected chi connectivity index (χ2v) is 5.88. The first-order valence-corrected chi connectivity index (χ1v) is 7.93. The number of hydrogen-bond acceptors (Lipinski definition) is 3. The number of nitrogens with zero attached hydrogens (tertiary/aromatic N) is 2. The van der Waals surface area contributed by atoms with Crippen LogP contribution in [0.15, 0.2) is 0 Å². The van der Waals surface area contributed by atoms with Crippen LogP contribution in [-0.2, 0) is 0 Å². The van der Waals surface area contributed by atoms with E-state index >= 15 is 0 Å². The predicted octanol–water partition coefficient (Wildman–Crippen LogP) is 4.43. The van der Waals surface area contributed by atoms with E-state index in [1.165, 1.54) is 19.3 Å². The Labute approximate surface area is 121 Å². The molecule has 0 amide bonds. The Hall–Kier alpha value is -1.19. The van der Waals surface area contributed by atoms with E-state index in [0.717, 1.165) is 37.5 Å². The van der Waals surface area contributed by atoms with Gasteiger partial charge < -0.3 is 5.32 Å². The van der Waals surface area contributed by atoms with Crippen molar-refractivity contribution in [3.63, 3.8) is 0 Å². The monoisotopic (exact) mass is 279 g/mol. The number of anilines is 1. The third kappa shape index (κ3) is 3.47. The van der Waals surface area contributed by atoms with E-state index in [4.69, 9.17) is 0 Å². The van der Waals surface area contributed by atoms with Crippen LogP contribution in [0.2, 0.25) is 0 Å². The summed E-state index contributed by atoms with van der Waals surface area (Å²) in [7, 11) is 0. The second-order valence-electron chi connectivity index (χ2n) is 5.88. The molecule has 3 nitrogen and oxygen atoms in total. The average Bonchev–Trinajstić information content (AvgIpc) is 2.48. The Morgan fingerprint density at radius 3 is 2.45 bits per heavy atom. The lowest BCUT2D eigenvalue weighted by molar-refractivity contribution is 0.311. The molecule has 0 saturated heterocycles.